The zero-order chi connectivity index (χ0) is 23.5. The molecule has 0 aliphatic rings. The molecule has 0 bridgehead atoms. The van der Waals surface area contributed by atoms with Crippen molar-refractivity contribution in [3.05, 3.63) is 59.9 Å². The molecule has 31 heavy (non-hydrogen) atoms. The van der Waals surface area contributed by atoms with Crippen LogP contribution in [-0.4, -0.2) is 29.6 Å². The summed E-state index contributed by atoms with van der Waals surface area (Å²) in [6, 6.07) is 3.17. The van der Waals surface area contributed by atoms with E-state index in [1.807, 2.05) is 0 Å². The van der Waals surface area contributed by atoms with Gasteiger partial charge in [-0.25, -0.2) is 18.4 Å². The number of aromatic carboxylic acids is 1. The van der Waals surface area contributed by atoms with Crippen LogP contribution in [0.1, 0.15) is 33.6 Å². The number of esters is 2. The number of ether oxygens (including phenoxy) is 2. The van der Waals surface area contributed by atoms with Crippen LogP contribution < -0.4 is 4.74 Å². The van der Waals surface area contributed by atoms with Gasteiger partial charge in [0, 0.05) is 19.8 Å². The molecule has 0 aliphatic heterocycles. The Morgan fingerprint density at radius 2 is 1.52 bits per heavy atom. The van der Waals surface area contributed by atoms with E-state index < -0.39 is 58.9 Å². The lowest BCUT2D eigenvalue weighted by molar-refractivity contribution is -0.135. The van der Waals surface area contributed by atoms with Gasteiger partial charge < -0.3 is 14.6 Å². The van der Waals surface area contributed by atoms with Gasteiger partial charge in [-0.15, -0.1) is 0 Å². The fourth-order valence-electron chi connectivity index (χ4n) is 2.22. The third-order valence-electron chi connectivity index (χ3n) is 3.62. The summed E-state index contributed by atoms with van der Waals surface area (Å²) in [6.07, 6.45) is -0.668. The average molecular weight is 637 g/mol. The summed E-state index contributed by atoms with van der Waals surface area (Å²) in [5.74, 6) is -14.7. The van der Waals surface area contributed by atoms with Gasteiger partial charge in [-0.3, -0.25) is 4.79 Å². The van der Waals surface area contributed by atoms with Crippen LogP contribution in [0.4, 0.5) is 17.6 Å². The van der Waals surface area contributed by atoms with Gasteiger partial charge in [0.25, 0.3) is 0 Å². The number of rotatable bonds is 7. The molecule has 0 radical (unpaired) electrons. The molecule has 0 atom stereocenters. The zero-order valence-corrected chi connectivity index (χ0v) is 19.7. The third-order valence-corrected chi connectivity index (χ3v) is 6.09. The van der Waals surface area contributed by atoms with Gasteiger partial charge in [0.05, 0.1) is 12.2 Å². The van der Waals surface area contributed by atoms with Crippen LogP contribution in [0.25, 0.3) is 0 Å². The van der Waals surface area contributed by atoms with E-state index >= 15 is 0 Å². The van der Waals surface area contributed by atoms with Crippen molar-refractivity contribution in [1.29, 1.82) is 0 Å². The molecule has 1 N–H and O–H groups in total. The first-order valence-electron chi connectivity index (χ1n) is 8.07. The van der Waals surface area contributed by atoms with E-state index in [2.05, 4.69) is 52.5 Å². The van der Waals surface area contributed by atoms with Crippen LogP contribution in [0, 0.1) is 23.3 Å². The minimum atomic E-state index is -2.24. The Morgan fingerprint density at radius 3 is 2.06 bits per heavy atom. The predicted molar refractivity (Wildman–Crippen MR) is 108 cm³/mol. The highest BCUT2D eigenvalue weighted by Gasteiger charge is 2.31. The minimum Gasteiger partial charge on any atom is -0.477 e. The quantitative estimate of drug-likeness (QED) is 0.137. The Bertz CT molecular complexity index is 1050. The summed E-state index contributed by atoms with van der Waals surface area (Å²) in [4.78, 5) is 34.6. The molecule has 2 rings (SSSR count). The first-order valence-corrected chi connectivity index (χ1v) is 10.4. The van der Waals surface area contributed by atoms with Crippen molar-refractivity contribution in [2.24, 2.45) is 0 Å². The molecule has 0 fully saturated rings. The number of carbonyl (C=O) groups is 3. The number of carbonyl (C=O) groups excluding carboxylic acids is 2. The first-order chi connectivity index (χ1) is 14.5. The Morgan fingerprint density at radius 1 is 0.935 bits per heavy atom. The Labute approximate surface area is 196 Å². The molecule has 2 aromatic carbocycles. The van der Waals surface area contributed by atoms with Crippen LogP contribution in [0.5, 0.6) is 5.75 Å². The molecule has 0 aromatic heterocycles. The lowest BCUT2D eigenvalue weighted by Gasteiger charge is -2.10. The van der Waals surface area contributed by atoms with Gasteiger partial charge in [0.1, 0.15) is 5.56 Å². The maximum Gasteiger partial charge on any atom is 0.341 e. The average Bonchev–Trinajstić information content (AvgIpc) is 2.69. The topological polar surface area (TPSA) is 89.9 Å². The number of benzene rings is 2. The van der Waals surface area contributed by atoms with Gasteiger partial charge in [-0.05, 0) is 50.4 Å². The number of hydrogen-bond acceptors (Lipinski definition) is 5. The normalized spacial score (nSPS) is 10.7. The lowest BCUT2D eigenvalue weighted by atomic mass is 10.1. The third kappa shape index (κ3) is 5.83. The summed E-state index contributed by atoms with van der Waals surface area (Å²) < 4.78 is 65.8. The maximum atomic E-state index is 13.8. The van der Waals surface area contributed by atoms with Crippen molar-refractivity contribution in [2.75, 3.05) is 6.61 Å². The van der Waals surface area contributed by atoms with Crippen molar-refractivity contribution < 1.29 is 46.5 Å². The van der Waals surface area contributed by atoms with E-state index in [1.54, 1.807) is 6.07 Å². The van der Waals surface area contributed by atoms with Gasteiger partial charge in [0.2, 0.25) is 17.4 Å². The Hall–Kier alpha value is -1.99. The zero-order valence-electron chi connectivity index (χ0n) is 14.9. The van der Waals surface area contributed by atoms with Gasteiger partial charge in [0.15, 0.2) is 11.6 Å². The summed E-state index contributed by atoms with van der Waals surface area (Å²) in [6.45, 7) is -0.282. The van der Waals surface area contributed by atoms with E-state index in [0.717, 1.165) is 0 Å². The standard InChI is InChI=1S/C18H9Br3F4O6/c19-6-4-7(11(21)8(20)5-6)18(29)30-3-1-2-9(26)31-16-14(24)12(22)10(17(27)28)13(23)15(16)25/h4-5H,1-3H2,(H,27,28). The Balaban J connectivity index is 1.98. The molecule has 2 aromatic rings. The first kappa shape index (κ1) is 25.3. The molecule has 13 heteroatoms. The molecule has 0 amide bonds. The molecule has 0 saturated carbocycles. The van der Waals surface area contributed by atoms with Crippen LogP contribution in [-0.2, 0) is 9.53 Å². The molecular formula is C18H9Br3F4O6. The summed E-state index contributed by atoms with van der Waals surface area (Å²) >= 11 is 9.67. The van der Waals surface area contributed by atoms with Crippen molar-refractivity contribution in [1.82, 2.24) is 0 Å². The summed E-state index contributed by atoms with van der Waals surface area (Å²) in [7, 11) is 0. The molecule has 0 aliphatic carbocycles. The fourth-order valence-corrected chi connectivity index (χ4v) is 3.83. The number of hydrogen-bond donors (Lipinski definition) is 1. The second-order valence-electron chi connectivity index (χ2n) is 5.73. The molecule has 0 heterocycles. The van der Waals surface area contributed by atoms with Crippen LogP contribution in [0.2, 0.25) is 0 Å². The molecule has 6 nitrogen and oxygen atoms in total. The van der Waals surface area contributed by atoms with E-state index in [9.17, 15) is 31.9 Å². The largest absolute Gasteiger partial charge is 0.477 e. The van der Waals surface area contributed by atoms with Crippen molar-refractivity contribution in [3.8, 4) is 5.75 Å². The van der Waals surface area contributed by atoms with Gasteiger partial charge in [-0.1, -0.05) is 15.9 Å². The maximum absolute atomic E-state index is 13.8. The van der Waals surface area contributed by atoms with E-state index in [-0.39, 0.29) is 18.6 Å². The Kier molecular flexibility index (Phi) is 8.60. The highest BCUT2D eigenvalue weighted by molar-refractivity contribution is 9.13. The molecule has 0 unspecified atom stereocenters. The van der Waals surface area contributed by atoms with Gasteiger partial charge in [-0.2, -0.15) is 8.78 Å². The van der Waals surface area contributed by atoms with Crippen molar-refractivity contribution in [2.45, 2.75) is 12.8 Å². The van der Waals surface area contributed by atoms with Crippen LogP contribution in [0.15, 0.2) is 25.6 Å². The van der Waals surface area contributed by atoms with Crippen molar-refractivity contribution >= 4 is 65.7 Å². The summed E-state index contributed by atoms with van der Waals surface area (Å²) in [5, 5.41) is 8.62. The highest BCUT2D eigenvalue weighted by Crippen LogP contribution is 2.32. The van der Waals surface area contributed by atoms with Crippen molar-refractivity contribution in [3.63, 3.8) is 0 Å². The summed E-state index contributed by atoms with van der Waals surface area (Å²) in [5.41, 5.74) is -1.68. The van der Waals surface area contributed by atoms with E-state index in [0.29, 0.717) is 13.4 Å². The van der Waals surface area contributed by atoms with E-state index in [4.69, 9.17) is 9.84 Å². The monoisotopic (exact) mass is 634 g/mol. The second kappa shape index (κ2) is 10.6. The van der Waals surface area contributed by atoms with E-state index in [1.165, 1.54) is 6.07 Å². The highest BCUT2D eigenvalue weighted by atomic mass is 79.9. The van der Waals surface area contributed by atoms with Crippen LogP contribution in [0.3, 0.4) is 0 Å². The number of halogens is 7. The second-order valence-corrected chi connectivity index (χ2v) is 8.29. The molecule has 0 spiro atoms. The SMILES string of the molecule is O=C(CCCOC(=O)c1cc(Br)cc(Br)c1Br)Oc1c(F)c(F)c(C(=O)O)c(F)c1F. The minimum absolute atomic E-state index is 0.140. The van der Waals surface area contributed by atoms with Crippen LogP contribution >= 0.6 is 47.8 Å². The number of carboxylic acids is 1. The van der Waals surface area contributed by atoms with Gasteiger partial charge >= 0.3 is 17.9 Å². The smallest absolute Gasteiger partial charge is 0.341 e. The molecule has 166 valence electrons. The molecule has 0 saturated heterocycles. The number of carboxylic acid groups (broad SMARTS) is 1. The predicted octanol–water partition coefficient (Wildman–Crippen LogP) is 5.77. The fraction of sp³-hybridized carbons (Fsp3) is 0.167. The molecular weight excluding hydrogens is 628 g/mol. The lowest BCUT2D eigenvalue weighted by Crippen LogP contribution is -2.16.